The molecule has 1 heterocycles. The standard InChI is InChI=1S/C8H16O2S/c1-8(2,3)11-6-7-9-4-5-10-7/h7H,4-6H2,1-3H3. The van der Waals surface area contributed by atoms with Crippen molar-refractivity contribution in [3.8, 4) is 0 Å². The molecule has 1 aliphatic rings. The monoisotopic (exact) mass is 176 g/mol. The van der Waals surface area contributed by atoms with Crippen LogP contribution in [0.2, 0.25) is 0 Å². The lowest BCUT2D eigenvalue weighted by Gasteiger charge is -2.19. The smallest absolute Gasteiger partial charge is 0.166 e. The normalized spacial score (nSPS) is 21.0. The highest BCUT2D eigenvalue weighted by Crippen LogP contribution is 2.25. The lowest BCUT2D eigenvalue weighted by Crippen LogP contribution is -2.17. The highest BCUT2D eigenvalue weighted by atomic mass is 32.2. The molecule has 0 bridgehead atoms. The third-order valence-corrected chi connectivity index (χ3v) is 2.65. The summed E-state index contributed by atoms with van der Waals surface area (Å²) in [5.74, 6) is 0.948. The first-order valence-corrected chi connectivity index (χ1v) is 4.94. The van der Waals surface area contributed by atoms with Crippen molar-refractivity contribution in [2.75, 3.05) is 19.0 Å². The van der Waals surface area contributed by atoms with Gasteiger partial charge in [-0.2, -0.15) is 11.8 Å². The quantitative estimate of drug-likeness (QED) is 0.640. The van der Waals surface area contributed by atoms with Gasteiger partial charge >= 0.3 is 0 Å². The fourth-order valence-electron chi connectivity index (χ4n) is 0.821. The van der Waals surface area contributed by atoms with Gasteiger partial charge in [-0.15, -0.1) is 0 Å². The van der Waals surface area contributed by atoms with Gasteiger partial charge in [-0.3, -0.25) is 0 Å². The summed E-state index contributed by atoms with van der Waals surface area (Å²) in [6.45, 7) is 8.12. The molecule has 1 rings (SSSR count). The van der Waals surface area contributed by atoms with Gasteiger partial charge in [0.1, 0.15) is 0 Å². The van der Waals surface area contributed by atoms with Crippen LogP contribution in [0, 0.1) is 0 Å². The molecule has 0 aliphatic carbocycles. The molecule has 1 fully saturated rings. The minimum Gasteiger partial charge on any atom is -0.349 e. The van der Waals surface area contributed by atoms with Crippen molar-refractivity contribution in [2.24, 2.45) is 0 Å². The van der Waals surface area contributed by atoms with E-state index in [4.69, 9.17) is 9.47 Å². The maximum Gasteiger partial charge on any atom is 0.166 e. The molecule has 0 radical (unpaired) electrons. The minimum absolute atomic E-state index is 0.0409. The molecule has 0 aromatic heterocycles. The van der Waals surface area contributed by atoms with Gasteiger partial charge in [0.2, 0.25) is 0 Å². The van der Waals surface area contributed by atoms with Gasteiger partial charge in [0, 0.05) is 10.5 Å². The predicted molar refractivity (Wildman–Crippen MR) is 47.9 cm³/mol. The SMILES string of the molecule is CC(C)(C)SCC1OCCO1. The summed E-state index contributed by atoms with van der Waals surface area (Å²) in [5.41, 5.74) is 0. The molecule has 1 aliphatic heterocycles. The minimum atomic E-state index is 0.0409. The van der Waals surface area contributed by atoms with Gasteiger partial charge in [0.05, 0.1) is 13.2 Å². The molecule has 0 amide bonds. The molecule has 3 heteroatoms. The Morgan fingerprint density at radius 1 is 1.27 bits per heavy atom. The molecule has 2 nitrogen and oxygen atoms in total. The Hall–Kier alpha value is 0.270. The molecule has 0 spiro atoms. The molecule has 0 saturated carbocycles. The second kappa shape index (κ2) is 3.78. The van der Waals surface area contributed by atoms with Gasteiger partial charge < -0.3 is 9.47 Å². The zero-order valence-electron chi connectivity index (χ0n) is 7.42. The lowest BCUT2D eigenvalue weighted by atomic mass is 10.3. The average Bonchev–Trinajstić information content (AvgIpc) is 2.32. The number of hydrogen-bond acceptors (Lipinski definition) is 3. The molecule has 1 saturated heterocycles. The van der Waals surface area contributed by atoms with Crippen molar-refractivity contribution in [1.29, 1.82) is 0 Å². The predicted octanol–water partition coefficient (Wildman–Crippen LogP) is 1.89. The molecule has 0 aromatic carbocycles. The van der Waals surface area contributed by atoms with Gasteiger partial charge in [-0.1, -0.05) is 20.8 Å². The van der Waals surface area contributed by atoms with Crippen molar-refractivity contribution < 1.29 is 9.47 Å². The van der Waals surface area contributed by atoms with Gasteiger partial charge in [0.25, 0.3) is 0 Å². The second-order valence-corrected chi connectivity index (χ2v) is 5.44. The van der Waals surface area contributed by atoms with Crippen molar-refractivity contribution in [2.45, 2.75) is 31.8 Å². The number of ether oxygens (including phenoxy) is 2. The Labute approximate surface area is 72.6 Å². The van der Waals surface area contributed by atoms with Crippen LogP contribution < -0.4 is 0 Å². The molecular formula is C8H16O2S. The van der Waals surface area contributed by atoms with Gasteiger partial charge in [0.15, 0.2) is 6.29 Å². The summed E-state index contributed by atoms with van der Waals surface area (Å²) in [4.78, 5) is 0. The largest absolute Gasteiger partial charge is 0.349 e. The van der Waals surface area contributed by atoms with E-state index in [2.05, 4.69) is 20.8 Å². The summed E-state index contributed by atoms with van der Waals surface area (Å²) >= 11 is 1.88. The second-order valence-electron chi connectivity index (χ2n) is 3.59. The van der Waals surface area contributed by atoms with Gasteiger partial charge in [-0.05, 0) is 0 Å². The summed E-state index contributed by atoms with van der Waals surface area (Å²) < 4.78 is 10.9. The molecule has 0 unspecified atom stereocenters. The summed E-state index contributed by atoms with van der Waals surface area (Å²) in [6, 6.07) is 0. The van der Waals surface area contributed by atoms with Crippen molar-refractivity contribution in [1.82, 2.24) is 0 Å². The van der Waals surface area contributed by atoms with Crippen LogP contribution in [0.4, 0.5) is 0 Å². The van der Waals surface area contributed by atoms with E-state index in [0.29, 0.717) is 4.75 Å². The maximum atomic E-state index is 5.31. The number of thioether (sulfide) groups is 1. The topological polar surface area (TPSA) is 18.5 Å². The fourth-order valence-corrected chi connectivity index (χ4v) is 1.65. The Bertz CT molecular complexity index is 114. The Morgan fingerprint density at radius 2 is 1.82 bits per heavy atom. The third kappa shape index (κ3) is 3.99. The first-order chi connectivity index (χ1) is 5.08. The third-order valence-electron chi connectivity index (χ3n) is 1.34. The van der Waals surface area contributed by atoms with E-state index in [1.54, 1.807) is 0 Å². The molecule has 0 aromatic rings. The van der Waals surface area contributed by atoms with E-state index in [1.165, 1.54) is 0 Å². The van der Waals surface area contributed by atoms with E-state index in [9.17, 15) is 0 Å². The first kappa shape index (κ1) is 9.36. The van der Waals surface area contributed by atoms with Crippen LogP contribution in [-0.4, -0.2) is 30.0 Å². The highest BCUT2D eigenvalue weighted by molar-refractivity contribution is 8.00. The zero-order valence-corrected chi connectivity index (χ0v) is 8.24. The number of hydrogen-bond donors (Lipinski definition) is 0. The van der Waals surface area contributed by atoms with E-state index in [1.807, 2.05) is 11.8 Å². The lowest BCUT2D eigenvalue weighted by molar-refractivity contribution is -0.0216. The van der Waals surface area contributed by atoms with Crippen molar-refractivity contribution >= 4 is 11.8 Å². The summed E-state index contributed by atoms with van der Waals surface area (Å²) in [5, 5.41) is 0. The van der Waals surface area contributed by atoms with E-state index in [-0.39, 0.29) is 6.29 Å². The highest BCUT2D eigenvalue weighted by Gasteiger charge is 2.19. The van der Waals surface area contributed by atoms with Crippen LogP contribution in [0.15, 0.2) is 0 Å². The maximum absolute atomic E-state index is 5.31. The van der Waals surface area contributed by atoms with Crippen molar-refractivity contribution in [3.05, 3.63) is 0 Å². The Balaban J connectivity index is 2.11. The molecular weight excluding hydrogens is 160 g/mol. The van der Waals surface area contributed by atoms with E-state index < -0.39 is 0 Å². The average molecular weight is 176 g/mol. The van der Waals surface area contributed by atoms with Gasteiger partial charge in [-0.25, -0.2) is 0 Å². The van der Waals surface area contributed by atoms with E-state index >= 15 is 0 Å². The number of rotatable bonds is 2. The summed E-state index contributed by atoms with van der Waals surface area (Å²) in [6.07, 6.45) is 0.0409. The van der Waals surface area contributed by atoms with Crippen molar-refractivity contribution in [3.63, 3.8) is 0 Å². The van der Waals surface area contributed by atoms with Crippen LogP contribution >= 0.6 is 11.8 Å². The van der Waals surface area contributed by atoms with Crippen LogP contribution in [0.5, 0.6) is 0 Å². The van der Waals surface area contributed by atoms with E-state index in [0.717, 1.165) is 19.0 Å². The Morgan fingerprint density at radius 3 is 2.27 bits per heavy atom. The fraction of sp³-hybridized carbons (Fsp3) is 1.00. The van der Waals surface area contributed by atoms with Crippen LogP contribution in [-0.2, 0) is 9.47 Å². The summed E-state index contributed by atoms with van der Waals surface area (Å²) in [7, 11) is 0. The molecule has 11 heavy (non-hydrogen) atoms. The first-order valence-electron chi connectivity index (χ1n) is 3.95. The zero-order chi connectivity index (χ0) is 8.32. The van der Waals surface area contributed by atoms with Crippen LogP contribution in [0.25, 0.3) is 0 Å². The van der Waals surface area contributed by atoms with Crippen LogP contribution in [0.1, 0.15) is 20.8 Å². The molecule has 66 valence electrons. The molecule has 0 N–H and O–H groups in total. The Kier molecular flexibility index (Phi) is 3.22. The van der Waals surface area contributed by atoms with Crippen LogP contribution in [0.3, 0.4) is 0 Å². The molecule has 0 atom stereocenters.